The lowest BCUT2D eigenvalue weighted by Gasteiger charge is -2.11. The quantitative estimate of drug-likeness (QED) is 0.832. The van der Waals surface area contributed by atoms with Gasteiger partial charge in [-0.15, -0.1) is 23.1 Å². The minimum Gasteiger partial charge on any atom is -0.323 e. The molecule has 0 saturated carbocycles. The molecule has 0 radical (unpaired) electrons. The second-order valence-corrected chi connectivity index (χ2v) is 7.22. The third kappa shape index (κ3) is 4.04. The van der Waals surface area contributed by atoms with Gasteiger partial charge in [-0.25, -0.2) is 0 Å². The number of amides is 2. The van der Waals surface area contributed by atoms with E-state index in [-0.39, 0.29) is 18.4 Å². The number of carbonyl (C=O) groups is 2. The molecule has 0 atom stereocenters. The lowest BCUT2D eigenvalue weighted by atomic mass is 10.2. The highest BCUT2D eigenvalue weighted by Gasteiger charge is 2.22. The van der Waals surface area contributed by atoms with Crippen LogP contribution in [0, 0.1) is 0 Å². The van der Waals surface area contributed by atoms with Crippen molar-refractivity contribution in [1.82, 2.24) is 9.47 Å². The van der Waals surface area contributed by atoms with Crippen LogP contribution in [0.25, 0.3) is 0 Å². The van der Waals surface area contributed by atoms with Crippen LogP contribution in [0.1, 0.15) is 5.56 Å². The smallest absolute Gasteiger partial charge is 0.267 e. The average molecular weight is 368 g/mol. The normalized spacial score (nSPS) is 15.4. The van der Waals surface area contributed by atoms with Crippen LogP contribution in [0.4, 0.5) is 0 Å². The van der Waals surface area contributed by atoms with Gasteiger partial charge in [0.25, 0.3) is 5.91 Å². The maximum atomic E-state index is 12.1. The van der Waals surface area contributed by atoms with Crippen molar-refractivity contribution < 1.29 is 9.59 Å². The van der Waals surface area contributed by atoms with Gasteiger partial charge in [0, 0.05) is 16.6 Å². The fourth-order valence-electron chi connectivity index (χ4n) is 2.16. The first-order valence-corrected chi connectivity index (χ1v) is 9.35. The maximum absolute atomic E-state index is 12.1. The fourth-order valence-corrected chi connectivity index (χ4v) is 4.01. The van der Waals surface area contributed by atoms with Gasteiger partial charge >= 0.3 is 0 Å². The molecular formula is C15H14ClN3O2S2. The van der Waals surface area contributed by atoms with E-state index in [1.807, 2.05) is 40.4 Å². The van der Waals surface area contributed by atoms with E-state index in [0.29, 0.717) is 28.0 Å². The van der Waals surface area contributed by atoms with Gasteiger partial charge in [0.1, 0.15) is 6.54 Å². The van der Waals surface area contributed by atoms with Crippen molar-refractivity contribution in [3.8, 4) is 0 Å². The predicted molar refractivity (Wildman–Crippen MR) is 92.5 cm³/mol. The highest BCUT2D eigenvalue weighted by atomic mass is 35.5. The minimum atomic E-state index is -0.309. The summed E-state index contributed by atoms with van der Waals surface area (Å²) in [5.74, 6) is 0.688. The van der Waals surface area contributed by atoms with Crippen LogP contribution in [0.15, 0.2) is 40.8 Å². The van der Waals surface area contributed by atoms with Crippen molar-refractivity contribution in [2.45, 2.75) is 6.54 Å². The summed E-state index contributed by atoms with van der Waals surface area (Å²) in [6.07, 6.45) is 1.87. The highest BCUT2D eigenvalue weighted by molar-refractivity contribution is 8.00. The molecule has 0 N–H and O–H groups in total. The molecule has 2 aromatic rings. The van der Waals surface area contributed by atoms with Gasteiger partial charge in [0.05, 0.1) is 18.2 Å². The van der Waals surface area contributed by atoms with Crippen LogP contribution in [0.2, 0.25) is 5.02 Å². The van der Waals surface area contributed by atoms with E-state index in [4.69, 9.17) is 11.6 Å². The van der Waals surface area contributed by atoms with Gasteiger partial charge in [-0.05, 0) is 11.6 Å². The SMILES string of the molecule is O=C(CN1CSCC1=O)N=c1sccn1Cc1ccccc1Cl. The Balaban J connectivity index is 1.76. The van der Waals surface area contributed by atoms with E-state index in [1.54, 1.807) is 0 Å². The molecule has 23 heavy (non-hydrogen) atoms. The molecule has 2 amide bonds. The van der Waals surface area contributed by atoms with Crippen molar-refractivity contribution in [2.75, 3.05) is 18.2 Å². The van der Waals surface area contributed by atoms with Crippen LogP contribution in [-0.2, 0) is 16.1 Å². The molecule has 1 aliphatic rings. The molecule has 1 fully saturated rings. The molecule has 0 aliphatic carbocycles. The summed E-state index contributed by atoms with van der Waals surface area (Å²) in [6.45, 7) is 0.587. The van der Waals surface area contributed by atoms with Crippen LogP contribution in [-0.4, -0.2) is 39.5 Å². The topological polar surface area (TPSA) is 54.7 Å². The summed E-state index contributed by atoms with van der Waals surface area (Å²) in [5, 5.41) is 2.56. The zero-order chi connectivity index (χ0) is 16.2. The summed E-state index contributed by atoms with van der Waals surface area (Å²) >= 11 is 9.07. The molecule has 1 aromatic carbocycles. The Morgan fingerprint density at radius 2 is 2.17 bits per heavy atom. The number of hydrogen-bond donors (Lipinski definition) is 0. The minimum absolute atomic E-state index is 0.00586. The number of rotatable bonds is 4. The third-order valence-electron chi connectivity index (χ3n) is 3.33. The summed E-state index contributed by atoms with van der Waals surface area (Å²) < 4.78 is 1.88. The summed E-state index contributed by atoms with van der Waals surface area (Å²) in [5.41, 5.74) is 0.965. The van der Waals surface area contributed by atoms with Gasteiger partial charge in [-0.3, -0.25) is 9.59 Å². The summed E-state index contributed by atoms with van der Waals surface area (Å²) in [6, 6.07) is 7.58. The zero-order valence-electron chi connectivity index (χ0n) is 12.1. The van der Waals surface area contributed by atoms with Gasteiger partial charge in [0.15, 0.2) is 4.80 Å². The number of aromatic nitrogens is 1. The van der Waals surface area contributed by atoms with Crippen molar-refractivity contribution >= 4 is 46.5 Å². The van der Waals surface area contributed by atoms with Crippen molar-refractivity contribution in [1.29, 1.82) is 0 Å². The molecule has 0 unspecified atom stereocenters. The van der Waals surface area contributed by atoms with E-state index in [9.17, 15) is 9.59 Å². The molecule has 0 bridgehead atoms. The van der Waals surface area contributed by atoms with E-state index < -0.39 is 0 Å². The lowest BCUT2D eigenvalue weighted by molar-refractivity contribution is -0.131. The van der Waals surface area contributed by atoms with Crippen molar-refractivity contribution in [3.05, 3.63) is 51.2 Å². The molecule has 5 nitrogen and oxygen atoms in total. The van der Waals surface area contributed by atoms with Crippen LogP contribution in [0.3, 0.4) is 0 Å². The lowest BCUT2D eigenvalue weighted by Crippen LogP contribution is -2.31. The van der Waals surface area contributed by atoms with Crippen molar-refractivity contribution in [2.24, 2.45) is 4.99 Å². The van der Waals surface area contributed by atoms with E-state index >= 15 is 0 Å². The van der Waals surface area contributed by atoms with E-state index in [1.165, 1.54) is 28.0 Å². The first-order valence-electron chi connectivity index (χ1n) is 6.94. The fraction of sp³-hybridized carbons (Fsp3) is 0.267. The Bertz CT molecular complexity index is 800. The number of nitrogens with zero attached hydrogens (tertiary/aromatic N) is 3. The summed E-state index contributed by atoms with van der Waals surface area (Å²) in [7, 11) is 0. The number of halogens is 1. The van der Waals surface area contributed by atoms with Crippen LogP contribution >= 0.6 is 34.7 Å². The predicted octanol–water partition coefficient (Wildman–Crippen LogP) is 2.21. The third-order valence-corrected chi connectivity index (χ3v) is 5.44. The molecular weight excluding hydrogens is 354 g/mol. The Kier molecular flexibility index (Phi) is 5.20. The first-order chi connectivity index (χ1) is 11.1. The second kappa shape index (κ2) is 7.33. The molecule has 2 heterocycles. The van der Waals surface area contributed by atoms with Gasteiger partial charge in [-0.2, -0.15) is 4.99 Å². The van der Waals surface area contributed by atoms with Gasteiger partial charge in [-0.1, -0.05) is 29.8 Å². The molecule has 1 aliphatic heterocycles. The van der Waals surface area contributed by atoms with E-state index in [0.717, 1.165) is 5.56 Å². The average Bonchev–Trinajstić information content (AvgIpc) is 3.12. The highest BCUT2D eigenvalue weighted by Crippen LogP contribution is 2.16. The monoisotopic (exact) mass is 367 g/mol. The first kappa shape index (κ1) is 16.3. The summed E-state index contributed by atoms with van der Waals surface area (Å²) in [4.78, 5) is 29.9. The Labute approximate surface area is 146 Å². The standard InChI is InChI=1S/C15H14ClN3O2S2/c16-12-4-2-1-3-11(12)7-18-5-6-23-15(18)17-13(20)8-19-10-22-9-14(19)21/h1-6H,7-10H2. The van der Waals surface area contributed by atoms with Gasteiger partial charge in [0.2, 0.25) is 5.91 Å². The molecule has 3 rings (SSSR count). The second-order valence-electron chi connectivity index (χ2n) is 4.98. The largest absolute Gasteiger partial charge is 0.323 e. The molecule has 1 saturated heterocycles. The number of hydrogen-bond acceptors (Lipinski definition) is 4. The van der Waals surface area contributed by atoms with Crippen LogP contribution < -0.4 is 4.80 Å². The Morgan fingerprint density at radius 3 is 2.91 bits per heavy atom. The van der Waals surface area contributed by atoms with Crippen molar-refractivity contribution in [3.63, 3.8) is 0 Å². The maximum Gasteiger partial charge on any atom is 0.267 e. The molecule has 1 aromatic heterocycles. The van der Waals surface area contributed by atoms with E-state index in [2.05, 4.69) is 4.99 Å². The van der Waals surface area contributed by atoms with Gasteiger partial charge < -0.3 is 9.47 Å². The Hall–Kier alpha value is -1.57. The number of thioether (sulfide) groups is 1. The number of carbonyl (C=O) groups excluding carboxylic acids is 2. The number of benzene rings is 1. The zero-order valence-corrected chi connectivity index (χ0v) is 14.5. The Morgan fingerprint density at radius 1 is 1.35 bits per heavy atom. The number of thiazole rings is 1. The molecule has 120 valence electrons. The van der Waals surface area contributed by atoms with Crippen LogP contribution in [0.5, 0.6) is 0 Å². The molecule has 8 heteroatoms. The molecule has 0 spiro atoms.